The van der Waals surface area contributed by atoms with Crippen molar-refractivity contribution in [3.8, 4) is 0 Å². The minimum atomic E-state index is -0.603. The average molecular weight is 375 g/mol. The van der Waals surface area contributed by atoms with Gasteiger partial charge < -0.3 is 15.4 Å². The van der Waals surface area contributed by atoms with Crippen molar-refractivity contribution in [3.05, 3.63) is 40.4 Å². The van der Waals surface area contributed by atoms with E-state index in [2.05, 4.69) is 29.5 Å². The molecule has 0 fully saturated rings. The highest BCUT2D eigenvalue weighted by Gasteiger charge is 2.14. The Morgan fingerprint density at radius 2 is 2.04 bits per heavy atom. The number of nitrogens with one attached hydrogen (secondary N) is 2. The predicted molar refractivity (Wildman–Crippen MR) is 105 cm³/mol. The van der Waals surface area contributed by atoms with E-state index in [-0.39, 0.29) is 18.2 Å². The van der Waals surface area contributed by atoms with Gasteiger partial charge in [0, 0.05) is 17.6 Å². The van der Waals surface area contributed by atoms with E-state index in [9.17, 15) is 9.59 Å². The van der Waals surface area contributed by atoms with Gasteiger partial charge in [0.1, 0.15) is 0 Å². The molecular weight excluding hydrogens is 350 g/mol. The summed E-state index contributed by atoms with van der Waals surface area (Å²) in [6.45, 7) is 8.65. The first-order valence-corrected chi connectivity index (χ1v) is 9.46. The lowest BCUT2D eigenvalue weighted by molar-refractivity contribution is -0.119. The number of carbonyl (C=O) groups excluding carboxylic acids is 2. The molecule has 0 aliphatic carbocycles. The van der Waals surface area contributed by atoms with Gasteiger partial charge in [0.15, 0.2) is 17.4 Å². The molecule has 0 unspecified atom stereocenters. The van der Waals surface area contributed by atoms with Gasteiger partial charge >= 0.3 is 5.97 Å². The summed E-state index contributed by atoms with van der Waals surface area (Å²) in [5.74, 6) is -0.382. The molecule has 0 aliphatic rings. The molecule has 1 aromatic heterocycles. The molecule has 0 bridgehead atoms. The maximum absolute atomic E-state index is 12.0. The summed E-state index contributed by atoms with van der Waals surface area (Å²) >= 11 is 1.35. The second-order valence-electron chi connectivity index (χ2n) is 6.59. The zero-order valence-corrected chi connectivity index (χ0v) is 16.4. The monoisotopic (exact) mass is 375 g/mol. The molecule has 2 rings (SSSR count). The number of anilines is 2. The third-order valence-corrected chi connectivity index (χ3v) is 4.50. The van der Waals surface area contributed by atoms with Crippen LogP contribution in [0.3, 0.4) is 0 Å². The molecule has 7 heteroatoms. The van der Waals surface area contributed by atoms with Crippen LogP contribution in [-0.2, 0) is 9.53 Å². The molecule has 0 spiro atoms. The number of rotatable bonds is 8. The Kier molecular flexibility index (Phi) is 7.15. The maximum atomic E-state index is 12.0. The smallest absolute Gasteiger partial charge is 0.358 e. The number of thiazole rings is 1. The van der Waals surface area contributed by atoms with Crippen LogP contribution in [0.4, 0.5) is 10.8 Å². The highest BCUT2D eigenvalue weighted by molar-refractivity contribution is 7.13. The molecule has 26 heavy (non-hydrogen) atoms. The average Bonchev–Trinajstić information content (AvgIpc) is 3.04. The van der Waals surface area contributed by atoms with Crippen LogP contribution in [0.2, 0.25) is 0 Å². The molecule has 2 N–H and O–H groups in total. The van der Waals surface area contributed by atoms with Gasteiger partial charge in [-0.2, -0.15) is 0 Å². The van der Waals surface area contributed by atoms with E-state index in [4.69, 9.17) is 4.74 Å². The van der Waals surface area contributed by atoms with Crippen LogP contribution in [0, 0.1) is 19.8 Å². The van der Waals surface area contributed by atoms with Gasteiger partial charge in [-0.05, 0) is 37.8 Å². The topological polar surface area (TPSA) is 80.3 Å². The standard InChI is InChI=1S/C19H25N3O3S/c1-12(2)7-8-20-19-22-16(11-26-19)18(24)25-10-17(23)21-15-6-5-13(3)9-14(15)4/h5-6,9,11-12H,7-8,10H2,1-4H3,(H,20,22)(H,21,23). The number of nitrogens with zero attached hydrogens (tertiary/aromatic N) is 1. The fourth-order valence-corrected chi connectivity index (χ4v) is 2.97. The van der Waals surface area contributed by atoms with Crippen molar-refractivity contribution < 1.29 is 14.3 Å². The fraction of sp³-hybridized carbons (Fsp3) is 0.421. The molecule has 2 aromatic rings. The molecule has 0 aliphatic heterocycles. The van der Waals surface area contributed by atoms with Crippen LogP contribution < -0.4 is 10.6 Å². The number of aromatic nitrogens is 1. The lowest BCUT2D eigenvalue weighted by Crippen LogP contribution is -2.21. The van der Waals surface area contributed by atoms with E-state index in [1.165, 1.54) is 11.3 Å². The predicted octanol–water partition coefficient (Wildman–Crippen LogP) is 4.01. The summed E-state index contributed by atoms with van der Waals surface area (Å²) in [7, 11) is 0. The van der Waals surface area contributed by atoms with E-state index in [1.54, 1.807) is 5.38 Å². The number of hydrogen-bond acceptors (Lipinski definition) is 6. The van der Waals surface area contributed by atoms with Crippen molar-refractivity contribution in [2.75, 3.05) is 23.8 Å². The summed E-state index contributed by atoms with van der Waals surface area (Å²) in [6, 6.07) is 5.72. The van der Waals surface area contributed by atoms with Gasteiger partial charge in [0.2, 0.25) is 0 Å². The first kappa shape index (κ1) is 19.9. The Balaban J connectivity index is 1.80. The molecule has 0 radical (unpaired) electrons. The van der Waals surface area contributed by atoms with Crippen LogP contribution in [0.15, 0.2) is 23.6 Å². The van der Waals surface area contributed by atoms with Crippen molar-refractivity contribution >= 4 is 34.0 Å². The second kappa shape index (κ2) is 9.33. The number of hydrogen-bond donors (Lipinski definition) is 2. The normalized spacial score (nSPS) is 10.7. The SMILES string of the molecule is Cc1ccc(NC(=O)COC(=O)c2csc(NCCC(C)C)n2)c(C)c1. The van der Waals surface area contributed by atoms with Gasteiger partial charge in [-0.25, -0.2) is 9.78 Å². The van der Waals surface area contributed by atoms with Crippen LogP contribution in [-0.4, -0.2) is 30.0 Å². The third kappa shape index (κ3) is 6.15. The molecule has 1 heterocycles. The van der Waals surface area contributed by atoms with Gasteiger partial charge in [-0.3, -0.25) is 4.79 Å². The lowest BCUT2D eigenvalue weighted by Gasteiger charge is -2.09. The second-order valence-corrected chi connectivity index (χ2v) is 7.45. The van der Waals surface area contributed by atoms with Crippen LogP contribution in [0.25, 0.3) is 0 Å². The number of benzene rings is 1. The van der Waals surface area contributed by atoms with E-state index < -0.39 is 5.97 Å². The number of ether oxygens (including phenoxy) is 1. The third-order valence-electron chi connectivity index (χ3n) is 3.70. The van der Waals surface area contributed by atoms with Crippen molar-refractivity contribution in [1.82, 2.24) is 4.98 Å². The first-order valence-electron chi connectivity index (χ1n) is 8.58. The van der Waals surface area contributed by atoms with Gasteiger partial charge in [-0.15, -0.1) is 11.3 Å². The molecule has 6 nitrogen and oxygen atoms in total. The number of carbonyl (C=O) groups is 2. The molecule has 1 amide bonds. The highest BCUT2D eigenvalue weighted by atomic mass is 32.1. The Morgan fingerprint density at radius 3 is 2.73 bits per heavy atom. The highest BCUT2D eigenvalue weighted by Crippen LogP contribution is 2.17. The van der Waals surface area contributed by atoms with Crippen molar-refractivity contribution in [1.29, 1.82) is 0 Å². The minimum absolute atomic E-state index is 0.210. The molecule has 0 atom stereocenters. The summed E-state index contributed by atoms with van der Waals surface area (Å²) in [5.41, 5.74) is 3.00. The summed E-state index contributed by atoms with van der Waals surface area (Å²) in [6.07, 6.45) is 1.03. The van der Waals surface area contributed by atoms with Crippen LogP contribution in [0.1, 0.15) is 41.9 Å². The molecule has 1 aromatic carbocycles. The summed E-state index contributed by atoms with van der Waals surface area (Å²) < 4.78 is 5.05. The number of aryl methyl sites for hydroxylation is 2. The summed E-state index contributed by atoms with van der Waals surface area (Å²) in [4.78, 5) is 28.2. The van der Waals surface area contributed by atoms with Gasteiger partial charge in [0.25, 0.3) is 5.91 Å². The molecule has 140 valence electrons. The number of esters is 1. The van der Waals surface area contributed by atoms with Crippen LogP contribution in [0.5, 0.6) is 0 Å². The Labute approximate surface area is 158 Å². The minimum Gasteiger partial charge on any atom is -0.451 e. The Hall–Kier alpha value is -2.41. The molecule has 0 saturated heterocycles. The van der Waals surface area contributed by atoms with Gasteiger partial charge in [0.05, 0.1) is 0 Å². The van der Waals surface area contributed by atoms with E-state index in [0.717, 1.165) is 24.1 Å². The number of amides is 1. The van der Waals surface area contributed by atoms with E-state index in [0.29, 0.717) is 16.7 Å². The Morgan fingerprint density at radius 1 is 1.27 bits per heavy atom. The fourth-order valence-electron chi connectivity index (χ4n) is 2.26. The van der Waals surface area contributed by atoms with E-state index in [1.807, 2.05) is 32.0 Å². The largest absolute Gasteiger partial charge is 0.451 e. The van der Waals surface area contributed by atoms with Gasteiger partial charge in [-0.1, -0.05) is 31.5 Å². The lowest BCUT2D eigenvalue weighted by atomic mass is 10.1. The zero-order chi connectivity index (χ0) is 19.1. The quantitative estimate of drug-likeness (QED) is 0.681. The van der Waals surface area contributed by atoms with Crippen molar-refractivity contribution in [3.63, 3.8) is 0 Å². The first-order chi connectivity index (χ1) is 12.3. The van der Waals surface area contributed by atoms with Crippen molar-refractivity contribution in [2.45, 2.75) is 34.1 Å². The maximum Gasteiger partial charge on any atom is 0.358 e. The summed E-state index contributed by atoms with van der Waals surface area (Å²) in [5, 5.41) is 8.23. The van der Waals surface area contributed by atoms with E-state index >= 15 is 0 Å². The van der Waals surface area contributed by atoms with Crippen LogP contribution >= 0.6 is 11.3 Å². The van der Waals surface area contributed by atoms with Crippen molar-refractivity contribution in [2.24, 2.45) is 5.92 Å². The molecule has 0 saturated carbocycles. The zero-order valence-electron chi connectivity index (χ0n) is 15.6. The molecular formula is C19H25N3O3S. The Bertz CT molecular complexity index is 771.